The highest BCUT2D eigenvalue weighted by Crippen LogP contribution is 1.99. The minimum atomic E-state index is 0.458. The molecule has 0 bridgehead atoms. The van der Waals surface area contributed by atoms with Crippen molar-refractivity contribution in [3.8, 4) is 0 Å². The summed E-state index contributed by atoms with van der Waals surface area (Å²) in [4.78, 5) is 12.0. The Bertz CT molecular complexity index is 383. The summed E-state index contributed by atoms with van der Waals surface area (Å²) in [5.41, 5.74) is 1.02. The molecule has 0 spiro atoms. The minimum absolute atomic E-state index is 0.458. The zero-order chi connectivity index (χ0) is 9.80. The molecule has 2 heterocycles. The van der Waals surface area contributed by atoms with Crippen LogP contribution in [0.5, 0.6) is 0 Å². The quantitative estimate of drug-likeness (QED) is 0.772. The number of nitrogens with zero attached hydrogens (tertiary/aromatic N) is 4. The molecule has 0 saturated heterocycles. The van der Waals surface area contributed by atoms with Crippen LogP contribution in [0.1, 0.15) is 11.4 Å². The first-order chi connectivity index (χ1) is 6.84. The van der Waals surface area contributed by atoms with Gasteiger partial charge in [-0.05, 0) is 12.5 Å². The molecule has 0 amide bonds. The topological polar surface area (TPSA) is 76.7 Å². The van der Waals surface area contributed by atoms with Gasteiger partial charge in [-0.1, -0.05) is 5.16 Å². The van der Waals surface area contributed by atoms with Gasteiger partial charge in [0.15, 0.2) is 5.82 Å². The van der Waals surface area contributed by atoms with Crippen LogP contribution in [0.2, 0.25) is 0 Å². The Kier molecular flexibility index (Phi) is 2.35. The van der Waals surface area contributed by atoms with Crippen LogP contribution in [0, 0.1) is 6.92 Å². The molecule has 0 atom stereocenters. The zero-order valence-electron chi connectivity index (χ0n) is 7.64. The number of anilines is 1. The van der Waals surface area contributed by atoms with E-state index in [1.54, 1.807) is 12.4 Å². The third-order valence-corrected chi connectivity index (χ3v) is 1.59. The summed E-state index contributed by atoms with van der Waals surface area (Å²) in [6.07, 6.45) is 4.77. The van der Waals surface area contributed by atoms with Crippen LogP contribution < -0.4 is 5.32 Å². The van der Waals surface area contributed by atoms with Crippen molar-refractivity contribution >= 4 is 5.95 Å². The number of aryl methyl sites for hydroxylation is 1. The van der Waals surface area contributed by atoms with E-state index >= 15 is 0 Å². The van der Waals surface area contributed by atoms with Gasteiger partial charge in [0, 0.05) is 12.4 Å². The first-order valence-corrected chi connectivity index (χ1v) is 4.12. The van der Waals surface area contributed by atoms with Gasteiger partial charge in [0.25, 0.3) is 0 Å². The normalized spacial score (nSPS) is 10.1. The van der Waals surface area contributed by atoms with Crippen molar-refractivity contribution in [1.82, 2.24) is 20.1 Å². The fraction of sp³-hybridized carbons (Fsp3) is 0.250. The molecule has 0 unspecified atom stereocenters. The van der Waals surface area contributed by atoms with Crippen molar-refractivity contribution < 1.29 is 4.52 Å². The first kappa shape index (κ1) is 8.61. The predicted molar refractivity (Wildman–Crippen MR) is 48.4 cm³/mol. The average Bonchev–Trinajstić information content (AvgIpc) is 2.70. The monoisotopic (exact) mass is 191 g/mol. The fourth-order valence-corrected chi connectivity index (χ4v) is 0.912. The van der Waals surface area contributed by atoms with E-state index in [0.29, 0.717) is 18.3 Å². The van der Waals surface area contributed by atoms with Crippen molar-refractivity contribution in [3.05, 3.63) is 30.2 Å². The molecule has 0 aliphatic rings. The Labute approximate surface area is 80.4 Å². The van der Waals surface area contributed by atoms with Gasteiger partial charge >= 0.3 is 0 Å². The number of nitrogens with one attached hydrogen (secondary N) is 1. The Balaban J connectivity index is 1.95. The van der Waals surface area contributed by atoms with E-state index in [-0.39, 0.29) is 0 Å². The van der Waals surface area contributed by atoms with Gasteiger partial charge in [-0.2, -0.15) is 4.98 Å². The lowest BCUT2D eigenvalue weighted by Crippen LogP contribution is -2.04. The smallest absolute Gasteiger partial charge is 0.222 e. The Hall–Kier alpha value is -1.98. The molecule has 6 heteroatoms. The summed E-state index contributed by atoms with van der Waals surface area (Å²) in [6, 6.07) is 0. The number of rotatable bonds is 3. The van der Waals surface area contributed by atoms with Crippen LogP contribution in [-0.2, 0) is 6.54 Å². The van der Waals surface area contributed by atoms with Crippen LogP contribution in [0.25, 0.3) is 0 Å². The van der Waals surface area contributed by atoms with Crippen molar-refractivity contribution in [2.45, 2.75) is 13.5 Å². The standard InChI is InChI=1S/C8H9N5O/c1-6-2-9-8(10-3-6)11-4-7-12-5-14-13-7/h2-3,5H,4H2,1H3,(H,9,10,11). The van der Waals surface area contributed by atoms with Crippen molar-refractivity contribution in [1.29, 1.82) is 0 Å². The van der Waals surface area contributed by atoms with Gasteiger partial charge in [-0.3, -0.25) is 0 Å². The molecule has 0 saturated carbocycles. The van der Waals surface area contributed by atoms with Crippen molar-refractivity contribution in [3.63, 3.8) is 0 Å². The summed E-state index contributed by atoms with van der Waals surface area (Å²) >= 11 is 0. The van der Waals surface area contributed by atoms with E-state index in [1.165, 1.54) is 6.39 Å². The second kappa shape index (κ2) is 3.82. The van der Waals surface area contributed by atoms with Crippen LogP contribution in [0.3, 0.4) is 0 Å². The van der Waals surface area contributed by atoms with Gasteiger partial charge in [0.2, 0.25) is 12.3 Å². The van der Waals surface area contributed by atoms with E-state index < -0.39 is 0 Å². The maximum atomic E-state index is 4.58. The molecule has 0 aromatic carbocycles. The molecule has 2 aromatic rings. The Morgan fingerprint density at radius 1 is 1.29 bits per heavy atom. The average molecular weight is 191 g/mol. The third-order valence-electron chi connectivity index (χ3n) is 1.59. The second-order valence-corrected chi connectivity index (χ2v) is 2.79. The molecular weight excluding hydrogens is 182 g/mol. The van der Waals surface area contributed by atoms with E-state index in [2.05, 4.69) is 29.9 Å². The molecular formula is C8H9N5O. The summed E-state index contributed by atoms with van der Waals surface area (Å²) < 4.78 is 4.58. The second-order valence-electron chi connectivity index (χ2n) is 2.79. The molecule has 0 aliphatic carbocycles. The third kappa shape index (κ3) is 2.03. The highest BCUT2D eigenvalue weighted by atomic mass is 16.5. The van der Waals surface area contributed by atoms with E-state index in [0.717, 1.165) is 5.56 Å². The summed E-state index contributed by atoms with van der Waals surface area (Å²) in [6.45, 7) is 2.39. The van der Waals surface area contributed by atoms with E-state index in [1.807, 2.05) is 6.92 Å². The first-order valence-electron chi connectivity index (χ1n) is 4.12. The molecule has 72 valence electrons. The molecule has 0 fully saturated rings. The van der Waals surface area contributed by atoms with Crippen LogP contribution >= 0.6 is 0 Å². The molecule has 2 rings (SSSR count). The van der Waals surface area contributed by atoms with Crippen LogP contribution in [0.4, 0.5) is 5.95 Å². The number of aromatic nitrogens is 4. The van der Waals surface area contributed by atoms with Gasteiger partial charge < -0.3 is 9.84 Å². The number of hydrogen-bond donors (Lipinski definition) is 1. The maximum Gasteiger partial charge on any atom is 0.222 e. The highest BCUT2D eigenvalue weighted by Gasteiger charge is 1.99. The highest BCUT2D eigenvalue weighted by molar-refractivity contribution is 5.24. The number of hydrogen-bond acceptors (Lipinski definition) is 6. The largest absolute Gasteiger partial charge is 0.347 e. The van der Waals surface area contributed by atoms with Gasteiger partial charge in [-0.15, -0.1) is 0 Å². The van der Waals surface area contributed by atoms with Crippen molar-refractivity contribution in [2.24, 2.45) is 0 Å². The molecule has 14 heavy (non-hydrogen) atoms. The molecule has 2 aromatic heterocycles. The Morgan fingerprint density at radius 2 is 2.07 bits per heavy atom. The SMILES string of the molecule is Cc1cnc(NCc2ncon2)nc1. The molecule has 0 radical (unpaired) electrons. The van der Waals surface area contributed by atoms with E-state index in [4.69, 9.17) is 0 Å². The minimum Gasteiger partial charge on any atom is -0.347 e. The zero-order valence-corrected chi connectivity index (χ0v) is 7.64. The lowest BCUT2D eigenvalue weighted by molar-refractivity contribution is 0.411. The van der Waals surface area contributed by atoms with Gasteiger partial charge in [-0.25, -0.2) is 9.97 Å². The van der Waals surface area contributed by atoms with Gasteiger partial charge in [0.1, 0.15) is 0 Å². The lowest BCUT2D eigenvalue weighted by Gasteiger charge is -2.00. The molecule has 0 aliphatic heterocycles. The molecule has 1 N–H and O–H groups in total. The van der Waals surface area contributed by atoms with Gasteiger partial charge in [0.05, 0.1) is 6.54 Å². The summed E-state index contributed by atoms with van der Waals surface area (Å²) in [5, 5.41) is 6.61. The fourth-order valence-electron chi connectivity index (χ4n) is 0.912. The predicted octanol–water partition coefficient (Wildman–Crippen LogP) is 0.780. The maximum absolute atomic E-state index is 4.58. The summed E-state index contributed by atoms with van der Waals surface area (Å²) in [7, 11) is 0. The Morgan fingerprint density at radius 3 is 2.71 bits per heavy atom. The van der Waals surface area contributed by atoms with Crippen LogP contribution in [0.15, 0.2) is 23.3 Å². The van der Waals surface area contributed by atoms with Crippen LogP contribution in [-0.4, -0.2) is 20.1 Å². The lowest BCUT2D eigenvalue weighted by atomic mass is 10.4. The van der Waals surface area contributed by atoms with Crippen molar-refractivity contribution in [2.75, 3.05) is 5.32 Å². The summed E-state index contributed by atoms with van der Waals surface area (Å²) in [5.74, 6) is 1.13. The van der Waals surface area contributed by atoms with E-state index in [9.17, 15) is 0 Å². The molecule has 6 nitrogen and oxygen atoms in total.